The number of aromatic amines is 4. The SMILES string of the molecule is Cc1cn([C@H]2C[C@@H](OP(O)(=S)OC[C@H]3O[C@@H](n4cnc5c(=O)[nH]c(N)nc54)C[C@H]3OP(=O)(S)OC[C@H]3O[C@@H](n4cc(C)c(=O)[nH]c4=O)C[C@H]3OP(=S)(S)OC[C@H]3O[C@@H](n4ccc(N)nc4=O)C[C@H]3C(C)C)[C@@H](COP(O)(=S)O[C@@H]3C[C@H](n4cnc5c(=O)[nH]c(N)nc54)O[C@@H]3COP(O)(=S)OC(C)C)O2)c(=O)[nH]c1=O. The van der Waals surface area contributed by atoms with Gasteiger partial charge in [-0.15, -0.1) is 0 Å². The Balaban J connectivity index is 0.758. The molecule has 109 heavy (non-hydrogen) atoms. The van der Waals surface area contributed by atoms with Crippen LogP contribution in [0.2, 0.25) is 0 Å². The smallest absolute Gasteiger partial charge is 0.383 e. The van der Waals surface area contributed by atoms with Crippen LogP contribution < -0.4 is 56.5 Å². The molecule has 12 heterocycles. The molecule has 13 N–H and O–H groups in total. The third-order valence-electron chi connectivity index (χ3n) is 17.9. The second-order valence-electron chi connectivity index (χ2n) is 26.3. The first-order valence-electron chi connectivity index (χ1n) is 33.2. The van der Waals surface area contributed by atoms with E-state index in [0.717, 1.165) is 9.13 Å². The van der Waals surface area contributed by atoms with Gasteiger partial charge in [-0.25, -0.2) is 28.9 Å². The van der Waals surface area contributed by atoms with Gasteiger partial charge < -0.3 is 91.8 Å². The van der Waals surface area contributed by atoms with Gasteiger partial charge in [-0.1, -0.05) is 38.3 Å². The molecular formula is C55H76N17O26P5S6. The quantitative estimate of drug-likeness (QED) is 0.0219. The van der Waals surface area contributed by atoms with Gasteiger partial charge in [0, 0.05) is 55.4 Å². The van der Waals surface area contributed by atoms with Crippen molar-refractivity contribution in [1.82, 2.24) is 67.7 Å². The summed E-state index contributed by atoms with van der Waals surface area (Å²) in [7, 11) is 0. The van der Waals surface area contributed by atoms with E-state index in [9.17, 15) is 52.8 Å². The first-order valence-corrected chi connectivity index (χ1v) is 47.4. The highest BCUT2D eigenvalue weighted by atomic mass is 32.9. The van der Waals surface area contributed by atoms with Crippen molar-refractivity contribution in [3.05, 3.63) is 121 Å². The molecule has 0 aromatic carbocycles. The molecule has 7 aromatic heterocycles. The molecule has 20 atom stereocenters. The highest BCUT2D eigenvalue weighted by Crippen LogP contribution is 2.60. The monoisotopic (exact) mass is 1740 g/mol. The zero-order valence-electron chi connectivity index (χ0n) is 58.0. The summed E-state index contributed by atoms with van der Waals surface area (Å²) in [4.78, 5) is 155. The number of imidazole rings is 2. The number of hydrogen-bond donors (Lipinski definition) is 12. The lowest BCUT2D eigenvalue weighted by Gasteiger charge is -2.28. The van der Waals surface area contributed by atoms with Crippen LogP contribution in [0.1, 0.15) is 102 Å². The lowest BCUT2D eigenvalue weighted by atomic mass is 9.89. The molecule has 5 aliphatic heterocycles. The number of nitrogens with two attached hydrogens (primary N) is 3. The average Bonchev–Trinajstić information content (AvgIpc) is 1.76. The molecule has 0 amide bonds. The number of fused-ring (bicyclic) bond motifs is 2. The van der Waals surface area contributed by atoms with Crippen LogP contribution in [0.3, 0.4) is 0 Å². The van der Waals surface area contributed by atoms with Gasteiger partial charge in [0.1, 0.15) is 67.5 Å². The second-order valence-corrected chi connectivity index (χ2v) is 42.8. The van der Waals surface area contributed by atoms with Crippen LogP contribution in [0.4, 0.5) is 17.7 Å². The van der Waals surface area contributed by atoms with Crippen molar-refractivity contribution in [3.8, 4) is 0 Å². The molecule has 0 spiro atoms. The molecule has 43 nitrogen and oxygen atoms in total. The van der Waals surface area contributed by atoms with Crippen molar-refractivity contribution in [2.24, 2.45) is 11.8 Å². The van der Waals surface area contributed by atoms with Crippen LogP contribution in [-0.4, -0.2) is 176 Å². The summed E-state index contributed by atoms with van der Waals surface area (Å²) >= 11 is 31.3. The number of anilines is 3. The number of nitrogens with zero attached hydrogens (tertiary/aromatic N) is 10. The fourth-order valence-electron chi connectivity index (χ4n) is 12.8. The van der Waals surface area contributed by atoms with E-state index in [1.807, 2.05) is 13.8 Å². The maximum atomic E-state index is 14.8. The first-order chi connectivity index (χ1) is 51.2. The lowest BCUT2D eigenvalue weighted by molar-refractivity contribution is -0.0547. The van der Waals surface area contributed by atoms with E-state index in [0.29, 0.717) is 6.42 Å². The number of thiol groups is 2. The zero-order chi connectivity index (χ0) is 78.7. The first kappa shape index (κ1) is 83.6. The fourth-order valence-corrected chi connectivity index (χ4v) is 20.9. The molecule has 5 unspecified atom stereocenters. The molecule has 12 rings (SSSR count). The second kappa shape index (κ2) is 33.5. The number of aryl methyl sites for hydroxylation is 2. The van der Waals surface area contributed by atoms with Crippen LogP contribution in [-0.2, 0) is 121 Å². The summed E-state index contributed by atoms with van der Waals surface area (Å²) < 4.78 is 113. The molecular weight excluding hydrogens is 1660 g/mol. The van der Waals surface area contributed by atoms with Crippen molar-refractivity contribution in [3.63, 3.8) is 0 Å². The van der Waals surface area contributed by atoms with E-state index in [1.54, 1.807) is 13.8 Å². The molecule has 0 radical (unpaired) electrons. The number of aromatic nitrogens is 14. The Morgan fingerprint density at radius 2 is 0.917 bits per heavy atom. The number of nitrogen functional groups attached to an aromatic ring is 3. The Kier molecular flexibility index (Phi) is 25.7. The van der Waals surface area contributed by atoms with Gasteiger partial charge in [0.05, 0.1) is 76.2 Å². The maximum Gasteiger partial charge on any atom is 0.386 e. The van der Waals surface area contributed by atoms with Crippen molar-refractivity contribution in [2.45, 2.75) is 166 Å². The van der Waals surface area contributed by atoms with Gasteiger partial charge in [0.2, 0.25) is 17.6 Å². The fraction of sp³-hybridized carbons (Fsp3) is 0.600. The Morgan fingerprint density at radius 3 is 1.36 bits per heavy atom. The Morgan fingerprint density at radius 1 is 0.523 bits per heavy atom. The summed E-state index contributed by atoms with van der Waals surface area (Å²) in [6.45, 7) is -10.4. The topological polar surface area (TPSA) is 566 Å². The van der Waals surface area contributed by atoms with Gasteiger partial charge in [-0.3, -0.25) is 71.0 Å². The predicted molar refractivity (Wildman–Crippen MR) is 406 cm³/mol. The normalized spacial score (nSPS) is 28.8. The van der Waals surface area contributed by atoms with E-state index < -0.39 is 191 Å². The Hall–Kier alpha value is -4.85. The molecule has 0 bridgehead atoms. The van der Waals surface area contributed by atoms with Gasteiger partial charge in [0.15, 0.2) is 22.3 Å². The van der Waals surface area contributed by atoms with Crippen LogP contribution in [0.5, 0.6) is 0 Å². The Bertz CT molecular complexity index is 5280. The molecule has 5 aliphatic rings. The van der Waals surface area contributed by atoms with Crippen molar-refractivity contribution in [2.75, 3.05) is 50.2 Å². The van der Waals surface area contributed by atoms with E-state index in [1.165, 1.54) is 64.9 Å². The van der Waals surface area contributed by atoms with E-state index in [2.05, 4.69) is 69.4 Å². The lowest BCUT2D eigenvalue weighted by Crippen LogP contribution is -2.33. The van der Waals surface area contributed by atoms with Gasteiger partial charge in [0.25, 0.3) is 22.2 Å². The van der Waals surface area contributed by atoms with Gasteiger partial charge >= 0.3 is 44.0 Å². The molecule has 5 fully saturated rings. The van der Waals surface area contributed by atoms with Crippen LogP contribution in [0.15, 0.2) is 70.9 Å². The summed E-state index contributed by atoms with van der Waals surface area (Å²) in [5.41, 5.74) is 8.83. The Labute approximate surface area is 645 Å². The molecule has 598 valence electrons. The maximum absolute atomic E-state index is 14.8. The highest BCUT2D eigenvalue weighted by Gasteiger charge is 2.49. The molecule has 54 heteroatoms. The largest absolute Gasteiger partial charge is 0.386 e. The predicted octanol–water partition coefficient (Wildman–Crippen LogP) is 2.57. The third kappa shape index (κ3) is 20.1. The van der Waals surface area contributed by atoms with Crippen molar-refractivity contribution >= 4 is 144 Å². The average molecular weight is 1740 g/mol. The van der Waals surface area contributed by atoms with Crippen LogP contribution in [0.25, 0.3) is 22.3 Å². The van der Waals surface area contributed by atoms with Crippen LogP contribution >= 0.6 is 57.1 Å². The summed E-state index contributed by atoms with van der Waals surface area (Å²) in [6.07, 6.45) is -11.1. The van der Waals surface area contributed by atoms with E-state index in [4.69, 9.17) is 133 Å². The van der Waals surface area contributed by atoms with E-state index >= 15 is 0 Å². The number of rotatable bonds is 31. The van der Waals surface area contributed by atoms with Crippen LogP contribution in [0, 0.1) is 25.7 Å². The minimum atomic E-state index is -4.70. The number of nitrogens with one attached hydrogen (secondary N) is 4. The third-order valence-corrected chi connectivity index (χ3v) is 26.7. The van der Waals surface area contributed by atoms with E-state index in [-0.39, 0.29) is 95.3 Å². The molecule has 0 aliphatic carbocycles. The molecule has 7 aromatic rings. The van der Waals surface area contributed by atoms with Gasteiger partial charge in [-0.2, -0.15) is 15.0 Å². The minimum absolute atomic E-state index is 0.0188. The van der Waals surface area contributed by atoms with Gasteiger partial charge in [-0.05, 0) is 99.2 Å². The standard InChI is InChI=1S/C55H76N17O26P5S6/c1-23(2)27-9-38(68-8-7-37(56)61-53(68)77)89-32(27)16-88-103(108,109)98-31-13-40(70-15-26(6)48(74)67-55(70)79)91-36(31)20-87-102(83,107)97-30-12-42(72-22-60-44-46(72)63-52(58)65-50(44)76)93-35(30)19-86-100(81,105)95-28-10-39(69-14-25(5)47(73)66-54(69)78)90-33(28)18-85-101(82,106)96-29-11-41(92-34(29)17-84-99(80,104)94-24(3)4)71-21-59-43-45(71)62-51(57)64-49(43)75/h7-8,14-15,21-24,27-36,38-42H,9-13,16-20H2,1-6H3,(H,80,104)(H,81,105)(H,82,106)(H,83,107)(H,108,109)(H2,56,61,77)(H,66,73,78)(H,67,74,79)(H3,57,62,64,75)(H3,58,63,65,76)/t27-,28+,29+,30+,31+,32+,33+,34+,35+,36+,38+,39+,40+,41+,42+,99?,100?,101?,102?/m0/s1. The molecule has 0 saturated carbocycles. The van der Waals surface area contributed by atoms with Crippen molar-refractivity contribution < 1.29 is 88.2 Å². The summed E-state index contributed by atoms with van der Waals surface area (Å²) in [5, 5.41) is 0. The number of H-pyrrole nitrogens is 4. The number of hydrogen-bond acceptors (Lipinski definition) is 35. The number of ether oxygens (including phenoxy) is 5. The molecule has 5 saturated heterocycles. The summed E-state index contributed by atoms with van der Waals surface area (Å²) in [6, 6.07) is 1.47. The zero-order valence-corrected chi connectivity index (χ0v) is 67.6. The minimum Gasteiger partial charge on any atom is -0.383 e. The highest BCUT2D eigenvalue weighted by molar-refractivity contribution is 8.60. The van der Waals surface area contributed by atoms with Crippen molar-refractivity contribution in [1.29, 1.82) is 0 Å². The summed E-state index contributed by atoms with van der Waals surface area (Å²) in [5.74, 6) is -0.591.